The van der Waals surface area contributed by atoms with Crippen LogP contribution in [0.1, 0.15) is 100 Å². The van der Waals surface area contributed by atoms with E-state index in [0.29, 0.717) is 0 Å². The van der Waals surface area contributed by atoms with Crippen LogP contribution in [0, 0.1) is 6.92 Å². The quantitative estimate of drug-likeness (QED) is 0.174. The fourth-order valence-corrected chi connectivity index (χ4v) is 10.2. The molecule has 7 aromatic carbocycles. The molecule has 0 aromatic heterocycles. The van der Waals surface area contributed by atoms with Gasteiger partial charge in [0.15, 0.2) is 0 Å². The normalized spacial score (nSPS) is 16.6. The monoisotopic (exact) mass is 769 g/mol. The Hall–Kier alpha value is -6.26. The maximum absolute atomic E-state index is 7.24. The number of ether oxygens (including phenoxy) is 1. The van der Waals surface area contributed by atoms with Gasteiger partial charge < -0.3 is 19.4 Å². The molecule has 0 saturated carbocycles. The molecular formula is C55H51N3O. The third-order valence-corrected chi connectivity index (χ3v) is 13.3. The van der Waals surface area contributed by atoms with E-state index in [0.717, 1.165) is 28.6 Å². The van der Waals surface area contributed by atoms with Crippen molar-refractivity contribution in [2.45, 2.75) is 84.6 Å². The lowest BCUT2D eigenvalue weighted by Gasteiger charge is -2.50. The SMILES string of the molecule is Cc1cc2c3c(c1)-c1cc(C(C)(C)C)cc4c1N(c1ccc(C(C)(C)C)cc1N4c1ccccc1)C3c1cc3c(cc1O2)N(c1ccccc1)c1ccccc1C3(C)C. The van der Waals surface area contributed by atoms with Crippen LogP contribution in [0.5, 0.6) is 11.5 Å². The molecule has 4 aliphatic heterocycles. The van der Waals surface area contributed by atoms with Gasteiger partial charge in [-0.1, -0.05) is 122 Å². The van der Waals surface area contributed by atoms with Gasteiger partial charge in [-0.25, -0.2) is 0 Å². The number of anilines is 8. The lowest BCUT2D eigenvalue weighted by Crippen LogP contribution is -2.37. The zero-order valence-corrected chi connectivity index (χ0v) is 35.6. The zero-order chi connectivity index (χ0) is 40.7. The van der Waals surface area contributed by atoms with E-state index >= 15 is 0 Å². The highest BCUT2D eigenvalue weighted by Crippen LogP contribution is 2.66. The molecule has 0 spiro atoms. The van der Waals surface area contributed by atoms with Crippen LogP contribution in [0.2, 0.25) is 0 Å². The van der Waals surface area contributed by atoms with Crippen LogP contribution in [0.3, 0.4) is 0 Å². The molecule has 0 amide bonds. The summed E-state index contributed by atoms with van der Waals surface area (Å²) >= 11 is 0. The highest BCUT2D eigenvalue weighted by atomic mass is 16.5. The first-order valence-electron chi connectivity index (χ1n) is 21.1. The molecule has 0 fully saturated rings. The van der Waals surface area contributed by atoms with Crippen molar-refractivity contribution in [3.05, 3.63) is 178 Å². The average molecular weight is 770 g/mol. The first-order chi connectivity index (χ1) is 28.2. The summed E-state index contributed by atoms with van der Waals surface area (Å²) in [6, 6.07) is 52.1. The number of para-hydroxylation sites is 3. The highest BCUT2D eigenvalue weighted by molar-refractivity contribution is 6.07. The molecule has 0 bridgehead atoms. The predicted octanol–water partition coefficient (Wildman–Crippen LogP) is 15.5. The largest absolute Gasteiger partial charge is 0.456 e. The van der Waals surface area contributed by atoms with Gasteiger partial charge in [0.05, 0.1) is 40.2 Å². The highest BCUT2D eigenvalue weighted by Gasteiger charge is 2.48. The molecular weight excluding hydrogens is 719 g/mol. The molecule has 11 rings (SSSR count). The van der Waals surface area contributed by atoms with Gasteiger partial charge in [-0.3, -0.25) is 0 Å². The number of benzene rings is 7. The maximum atomic E-state index is 7.24. The van der Waals surface area contributed by atoms with Gasteiger partial charge >= 0.3 is 0 Å². The van der Waals surface area contributed by atoms with Crippen molar-refractivity contribution in [2.75, 3.05) is 14.7 Å². The number of aryl methyl sites for hydroxylation is 1. The minimum atomic E-state index is -0.270. The zero-order valence-electron chi connectivity index (χ0n) is 35.6. The van der Waals surface area contributed by atoms with Gasteiger partial charge in [-0.05, 0) is 118 Å². The van der Waals surface area contributed by atoms with E-state index < -0.39 is 0 Å². The number of fused-ring (bicyclic) bond motifs is 8. The van der Waals surface area contributed by atoms with Crippen LogP contribution in [-0.2, 0) is 16.2 Å². The van der Waals surface area contributed by atoms with Gasteiger partial charge in [-0.2, -0.15) is 0 Å². The summed E-state index contributed by atoms with van der Waals surface area (Å²) in [5.74, 6) is 1.84. The van der Waals surface area contributed by atoms with Crippen molar-refractivity contribution in [3.63, 3.8) is 0 Å². The molecule has 4 heterocycles. The summed E-state index contributed by atoms with van der Waals surface area (Å²) < 4.78 is 7.24. The summed E-state index contributed by atoms with van der Waals surface area (Å²) in [6.45, 7) is 20.9. The Morgan fingerprint density at radius 3 is 1.81 bits per heavy atom. The Balaban J connectivity index is 1.24. The van der Waals surface area contributed by atoms with E-state index in [2.05, 4.69) is 217 Å². The minimum absolute atomic E-state index is 0.0356. The molecule has 7 aromatic rings. The smallest absolute Gasteiger partial charge is 0.135 e. The van der Waals surface area contributed by atoms with Crippen molar-refractivity contribution in [3.8, 4) is 22.6 Å². The van der Waals surface area contributed by atoms with Gasteiger partial charge in [0.2, 0.25) is 0 Å². The average Bonchev–Trinajstić information content (AvgIpc) is 3.21. The molecule has 59 heavy (non-hydrogen) atoms. The Bertz CT molecular complexity index is 2880. The first kappa shape index (κ1) is 35.9. The Labute approximate surface area is 349 Å². The third kappa shape index (κ3) is 5.14. The second kappa shape index (κ2) is 12.1. The number of rotatable bonds is 2. The van der Waals surface area contributed by atoms with Crippen LogP contribution in [-0.4, -0.2) is 0 Å². The van der Waals surface area contributed by atoms with Crippen LogP contribution in [0.15, 0.2) is 140 Å². The lowest BCUT2D eigenvalue weighted by molar-refractivity contribution is 0.444. The van der Waals surface area contributed by atoms with Crippen molar-refractivity contribution in [1.82, 2.24) is 0 Å². The molecule has 0 N–H and O–H groups in total. The van der Waals surface area contributed by atoms with Crippen molar-refractivity contribution in [2.24, 2.45) is 0 Å². The molecule has 292 valence electrons. The van der Waals surface area contributed by atoms with Crippen molar-refractivity contribution < 1.29 is 4.74 Å². The molecule has 0 radical (unpaired) electrons. The van der Waals surface area contributed by atoms with E-state index in [1.54, 1.807) is 0 Å². The van der Waals surface area contributed by atoms with Gasteiger partial charge in [0, 0.05) is 39.5 Å². The molecule has 4 heteroatoms. The molecule has 1 atom stereocenters. The standard InChI is InChI=1S/C55H51N3O/c1-33-26-38-39-28-35(54(5,6)7)30-47-51(39)58(44-25-24-34(53(2,3)4)29-46(44)57(47)37-20-14-11-15-21-37)52-40-31-42-45(32-48(40)59-49(27-33)50(38)52)56(36-18-12-10-13-19-36)43-23-17-16-22-41(43)55(42,8)9/h10-32,52H,1-9H3. The minimum Gasteiger partial charge on any atom is -0.456 e. The van der Waals surface area contributed by atoms with E-state index in [-0.39, 0.29) is 22.3 Å². The third-order valence-electron chi connectivity index (χ3n) is 13.3. The summed E-state index contributed by atoms with van der Waals surface area (Å²) in [5, 5.41) is 0. The summed E-state index contributed by atoms with van der Waals surface area (Å²) in [4.78, 5) is 7.63. The Kier molecular flexibility index (Phi) is 7.38. The molecule has 4 nitrogen and oxygen atoms in total. The van der Waals surface area contributed by atoms with Gasteiger partial charge in [0.1, 0.15) is 11.5 Å². The van der Waals surface area contributed by atoms with Gasteiger partial charge in [-0.15, -0.1) is 0 Å². The predicted molar refractivity (Wildman–Crippen MR) is 246 cm³/mol. The summed E-state index contributed by atoms with van der Waals surface area (Å²) in [5.41, 5.74) is 20.5. The molecule has 0 saturated heterocycles. The Morgan fingerprint density at radius 2 is 1.14 bits per heavy atom. The van der Waals surface area contributed by atoms with E-state index in [1.165, 1.54) is 78.5 Å². The Morgan fingerprint density at radius 1 is 0.508 bits per heavy atom. The number of nitrogens with zero attached hydrogens (tertiary/aromatic N) is 3. The summed E-state index contributed by atoms with van der Waals surface area (Å²) in [7, 11) is 0. The van der Waals surface area contributed by atoms with Gasteiger partial charge in [0.25, 0.3) is 0 Å². The number of hydrogen-bond acceptors (Lipinski definition) is 4. The second-order valence-electron chi connectivity index (χ2n) is 19.6. The van der Waals surface area contributed by atoms with E-state index in [1.807, 2.05) is 0 Å². The van der Waals surface area contributed by atoms with Crippen LogP contribution in [0.4, 0.5) is 45.5 Å². The maximum Gasteiger partial charge on any atom is 0.135 e. The van der Waals surface area contributed by atoms with Crippen molar-refractivity contribution in [1.29, 1.82) is 0 Å². The van der Waals surface area contributed by atoms with Crippen LogP contribution >= 0.6 is 0 Å². The van der Waals surface area contributed by atoms with Crippen LogP contribution < -0.4 is 19.4 Å². The topological polar surface area (TPSA) is 19.0 Å². The molecule has 0 aliphatic carbocycles. The van der Waals surface area contributed by atoms with Crippen LogP contribution in [0.25, 0.3) is 11.1 Å². The molecule has 4 aliphatic rings. The summed E-state index contributed by atoms with van der Waals surface area (Å²) in [6.07, 6.45) is 0. The van der Waals surface area contributed by atoms with Crippen molar-refractivity contribution >= 4 is 45.5 Å². The number of hydrogen-bond donors (Lipinski definition) is 0. The first-order valence-corrected chi connectivity index (χ1v) is 21.1. The lowest BCUT2D eigenvalue weighted by atomic mass is 9.71. The fraction of sp³-hybridized carbons (Fsp3) is 0.236. The second-order valence-corrected chi connectivity index (χ2v) is 19.6. The van der Waals surface area contributed by atoms with E-state index in [9.17, 15) is 0 Å². The van der Waals surface area contributed by atoms with E-state index in [4.69, 9.17) is 4.74 Å². The fourth-order valence-electron chi connectivity index (χ4n) is 10.2. The molecule has 1 unspecified atom stereocenters.